The lowest BCUT2D eigenvalue weighted by Crippen LogP contribution is -2.39. The van der Waals surface area contributed by atoms with Crippen LogP contribution in [0.3, 0.4) is 0 Å². The van der Waals surface area contributed by atoms with E-state index in [-0.39, 0.29) is 0 Å². The largest absolute Gasteiger partial charge is 0.361 e. The van der Waals surface area contributed by atoms with Crippen LogP contribution in [-0.4, -0.2) is 27.1 Å². The summed E-state index contributed by atoms with van der Waals surface area (Å²) in [5.41, 5.74) is 3.49. The van der Waals surface area contributed by atoms with E-state index < -0.39 is 14.8 Å². The summed E-state index contributed by atoms with van der Waals surface area (Å²) in [6.45, 7) is 1.76. The molecule has 0 amide bonds. The zero-order chi connectivity index (χ0) is 20.2. The molecule has 3 aromatic heterocycles. The average molecular weight is 468 g/mol. The summed E-state index contributed by atoms with van der Waals surface area (Å²) in [5.74, 6) is 0. The molecule has 3 heterocycles. The molecule has 1 unspecified atom stereocenters. The van der Waals surface area contributed by atoms with E-state index in [9.17, 15) is 8.42 Å². The van der Waals surface area contributed by atoms with Crippen molar-refractivity contribution in [2.45, 2.75) is 18.1 Å². The van der Waals surface area contributed by atoms with Crippen molar-refractivity contribution in [2.75, 3.05) is 0 Å². The van der Waals surface area contributed by atoms with Gasteiger partial charge >= 0.3 is 0 Å². The molecule has 0 saturated carbocycles. The first kappa shape index (κ1) is 18.4. The van der Waals surface area contributed by atoms with Crippen molar-refractivity contribution < 1.29 is 8.42 Å². The first-order valence-electron chi connectivity index (χ1n) is 9.21. The van der Waals surface area contributed by atoms with E-state index in [1.54, 1.807) is 37.5 Å². The summed E-state index contributed by atoms with van der Waals surface area (Å²) >= 11 is 3.54. The number of pyridine rings is 1. The monoisotopic (exact) mass is 467 g/mol. The van der Waals surface area contributed by atoms with Gasteiger partial charge < -0.3 is 4.98 Å². The van der Waals surface area contributed by atoms with Gasteiger partial charge in [-0.15, -0.1) is 0 Å². The van der Waals surface area contributed by atoms with Crippen LogP contribution in [-0.2, 0) is 10.0 Å². The second kappa shape index (κ2) is 6.43. The molecule has 0 fully saturated rings. The number of hydrogen-bond acceptors (Lipinski definition) is 3. The molecule has 0 bridgehead atoms. The zero-order valence-electron chi connectivity index (χ0n) is 15.6. The van der Waals surface area contributed by atoms with Crippen LogP contribution < -0.4 is 0 Å². The zero-order valence-corrected chi connectivity index (χ0v) is 18.0. The van der Waals surface area contributed by atoms with Gasteiger partial charge in [0.05, 0.1) is 0 Å². The van der Waals surface area contributed by atoms with Crippen molar-refractivity contribution in [3.05, 3.63) is 83.3 Å². The summed E-state index contributed by atoms with van der Waals surface area (Å²) in [4.78, 5) is 7.48. The highest BCUT2D eigenvalue weighted by molar-refractivity contribution is 9.11. The number of nitrogens with one attached hydrogen (secondary N) is 1. The third-order valence-corrected chi connectivity index (χ3v) is 8.20. The van der Waals surface area contributed by atoms with E-state index in [1.807, 2.05) is 36.5 Å². The summed E-state index contributed by atoms with van der Waals surface area (Å²) in [6.07, 6.45) is 9.24. The lowest BCUT2D eigenvalue weighted by atomic mass is 9.90. The lowest BCUT2D eigenvalue weighted by Gasteiger charge is -2.31. The van der Waals surface area contributed by atoms with Gasteiger partial charge in [0.25, 0.3) is 0 Å². The molecule has 1 aliphatic carbocycles. The third kappa shape index (κ3) is 2.88. The van der Waals surface area contributed by atoms with Gasteiger partial charge in [-0.2, -0.15) is 0 Å². The number of nitrogens with zero attached hydrogens (tertiary/aromatic N) is 2. The van der Waals surface area contributed by atoms with Crippen LogP contribution in [0.15, 0.2) is 77.7 Å². The van der Waals surface area contributed by atoms with Crippen molar-refractivity contribution in [3.8, 4) is 0 Å². The van der Waals surface area contributed by atoms with E-state index >= 15 is 0 Å². The number of benzene rings is 1. The van der Waals surface area contributed by atoms with Crippen molar-refractivity contribution in [1.29, 1.82) is 0 Å². The quantitative estimate of drug-likeness (QED) is 0.448. The Morgan fingerprint density at radius 2 is 2.03 bits per heavy atom. The third-order valence-electron chi connectivity index (χ3n) is 5.48. The van der Waals surface area contributed by atoms with E-state index in [2.05, 4.69) is 32.0 Å². The van der Waals surface area contributed by atoms with E-state index in [4.69, 9.17) is 0 Å². The Kier molecular flexibility index (Phi) is 4.08. The molecule has 1 atom stereocenters. The van der Waals surface area contributed by atoms with Gasteiger partial charge in [0.1, 0.15) is 4.75 Å². The molecule has 0 radical (unpaired) electrons. The highest BCUT2D eigenvalue weighted by atomic mass is 79.9. The van der Waals surface area contributed by atoms with E-state index in [0.717, 1.165) is 31.9 Å². The molecule has 1 N–H and O–H groups in total. The predicted molar refractivity (Wildman–Crippen MR) is 120 cm³/mol. The number of rotatable bonds is 3. The van der Waals surface area contributed by atoms with Gasteiger partial charge in [-0.25, -0.2) is 17.4 Å². The maximum atomic E-state index is 13.7. The number of fused-ring (bicyclic) bond motifs is 2. The minimum Gasteiger partial charge on any atom is -0.361 e. The van der Waals surface area contributed by atoms with Crippen molar-refractivity contribution in [3.63, 3.8) is 0 Å². The molecule has 1 aliphatic rings. The Morgan fingerprint density at radius 1 is 1.17 bits per heavy atom. The van der Waals surface area contributed by atoms with Crippen LogP contribution in [0.5, 0.6) is 0 Å². The van der Waals surface area contributed by atoms with Gasteiger partial charge in [-0.05, 0) is 78.4 Å². The van der Waals surface area contributed by atoms with Gasteiger partial charge in [-0.1, -0.05) is 22.0 Å². The average Bonchev–Trinajstić information content (AvgIpc) is 3.33. The van der Waals surface area contributed by atoms with Crippen molar-refractivity contribution in [2.24, 2.45) is 0 Å². The molecule has 4 aromatic rings. The summed E-state index contributed by atoms with van der Waals surface area (Å²) in [7, 11) is -3.75. The molecule has 0 spiro atoms. The molecular formula is C22H18BrN3O2S. The van der Waals surface area contributed by atoms with Crippen LogP contribution >= 0.6 is 15.9 Å². The number of hydrogen-bond donors (Lipinski definition) is 1. The van der Waals surface area contributed by atoms with Gasteiger partial charge in [-0.3, -0.25) is 0 Å². The molecule has 0 saturated heterocycles. The van der Waals surface area contributed by atoms with Crippen LogP contribution in [0.25, 0.3) is 27.5 Å². The fourth-order valence-electron chi connectivity index (χ4n) is 3.94. The first-order chi connectivity index (χ1) is 13.9. The number of H-pyrrole nitrogens is 1. The Labute approximate surface area is 176 Å². The SMILES string of the molecule is CC1(S(=O)(=O)n2ccc3cccnc32)C=C(Br)C=C(c2ccc3[nH]ccc3c2)C1. The smallest absolute Gasteiger partial charge is 0.249 e. The summed E-state index contributed by atoms with van der Waals surface area (Å²) in [6, 6.07) is 13.6. The number of allylic oxidation sites excluding steroid dienone is 3. The predicted octanol–water partition coefficient (Wildman–Crippen LogP) is 5.22. The van der Waals surface area contributed by atoms with Gasteiger partial charge in [0.2, 0.25) is 10.0 Å². The second-order valence-corrected chi connectivity index (χ2v) is 10.7. The van der Waals surface area contributed by atoms with E-state index in [1.165, 1.54) is 3.97 Å². The van der Waals surface area contributed by atoms with Gasteiger partial charge in [0, 0.05) is 34.0 Å². The molecule has 5 nitrogen and oxygen atoms in total. The second-order valence-electron chi connectivity index (χ2n) is 7.50. The Morgan fingerprint density at radius 3 is 2.90 bits per heavy atom. The standard InChI is InChI=1S/C22H18BrN3O2S/c1-22(29(27,28)26-10-7-15-3-2-8-25-21(15)26)13-18(12-19(23)14-22)16-4-5-20-17(11-16)6-9-24-20/h2-12,14,24H,13H2,1H3. The number of halogens is 1. The van der Waals surface area contributed by atoms with Crippen molar-refractivity contribution >= 4 is 53.5 Å². The lowest BCUT2D eigenvalue weighted by molar-refractivity contribution is 0.556. The highest BCUT2D eigenvalue weighted by Gasteiger charge is 2.42. The summed E-state index contributed by atoms with van der Waals surface area (Å²) in [5, 5.41) is 1.89. The van der Waals surface area contributed by atoms with Crippen LogP contribution in [0.2, 0.25) is 0 Å². The van der Waals surface area contributed by atoms with Gasteiger partial charge in [0.15, 0.2) is 5.65 Å². The molecule has 7 heteroatoms. The van der Waals surface area contributed by atoms with E-state index in [0.29, 0.717) is 12.1 Å². The Hall–Kier alpha value is -2.64. The molecule has 0 aliphatic heterocycles. The highest BCUT2D eigenvalue weighted by Crippen LogP contribution is 2.41. The first-order valence-corrected chi connectivity index (χ1v) is 11.4. The maximum Gasteiger partial charge on any atom is 0.249 e. The number of aromatic nitrogens is 3. The summed E-state index contributed by atoms with van der Waals surface area (Å²) < 4.78 is 28.3. The normalized spacial score (nSPS) is 20.1. The molecular weight excluding hydrogens is 450 g/mol. The minimum atomic E-state index is -3.75. The Bertz CT molecular complexity index is 1430. The molecule has 146 valence electrons. The Balaban J connectivity index is 1.60. The molecule has 29 heavy (non-hydrogen) atoms. The van der Waals surface area contributed by atoms with Crippen LogP contribution in [0.1, 0.15) is 18.9 Å². The fourth-order valence-corrected chi connectivity index (χ4v) is 6.54. The number of aromatic amines is 1. The topological polar surface area (TPSA) is 67.8 Å². The minimum absolute atomic E-state index is 0.368. The van der Waals surface area contributed by atoms with Crippen LogP contribution in [0.4, 0.5) is 0 Å². The maximum absolute atomic E-state index is 13.7. The fraction of sp³-hybridized carbons (Fsp3) is 0.136. The van der Waals surface area contributed by atoms with Crippen LogP contribution in [0, 0.1) is 0 Å². The molecule has 1 aromatic carbocycles. The van der Waals surface area contributed by atoms with Crippen molar-refractivity contribution in [1.82, 2.24) is 13.9 Å². The molecule has 5 rings (SSSR count).